The summed E-state index contributed by atoms with van der Waals surface area (Å²) in [4.78, 5) is 48.4. The number of benzene rings is 2. The lowest BCUT2D eigenvalue weighted by Gasteiger charge is -2.44. The summed E-state index contributed by atoms with van der Waals surface area (Å²) in [6.45, 7) is 6.57. The average molecular weight is 702 g/mol. The van der Waals surface area contributed by atoms with Crippen LogP contribution in [0.1, 0.15) is 56.6 Å². The number of nitrogens with two attached hydrogens (primary N) is 1. The van der Waals surface area contributed by atoms with Crippen molar-refractivity contribution >= 4 is 46.9 Å². The molecular weight excluding hydrogens is 655 g/mol. The van der Waals surface area contributed by atoms with Gasteiger partial charge in [-0.15, -0.1) is 0 Å². The molecule has 0 saturated carbocycles. The third-order valence-corrected chi connectivity index (χ3v) is 11.1. The third-order valence-electron chi connectivity index (χ3n) is 10.6. The number of aromatic hydroxyl groups is 1. The number of rotatable bonds is 6. The lowest BCUT2D eigenvalue weighted by atomic mass is 9.89. The number of carbonyl (C=O) groups excluding carboxylic acids is 3. The van der Waals surface area contributed by atoms with Crippen LogP contribution in [-0.4, -0.2) is 112 Å². The number of hydrogen-bond donors (Lipinski definition) is 3. The first-order valence-electron chi connectivity index (χ1n) is 17.1. The molecule has 13 heteroatoms. The van der Waals surface area contributed by atoms with E-state index >= 15 is 0 Å². The second kappa shape index (κ2) is 14.7. The van der Waals surface area contributed by atoms with Crippen LogP contribution in [0.4, 0.5) is 15.3 Å². The second-order valence-electron chi connectivity index (χ2n) is 14.0. The predicted octanol–water partition coefficient (Wildman–Crippen LogP) is 5.11. The molecule has 0 unspecified atom stereocenters. The molecule has 48 heavy (non-hydrogen) atoms. The lowest BCUT2D eigenvalue weighted by molar-refractivity contribution is -0.142. The highest BCUT2D eigenvalue weighted by Gasteiger charge is 2.37. The van der Waals surface area contributed by atoms with Crippen molar-refractivity contribution in [3.63, 3.8) is 0 Å². The fraction of sp³-hybridized carbons (Fsp3) is 0.571. The molecule has 6 rings (SSSR count). The van der Waals surface area contributed by atoms with Crippen molar-refractivity contribution < 1.29 is 24.2 Å². The molecule has 3 saturated heterocycles. The summed E-state index contributed by atoms with van der Waals surface area (Å²) < 4.78 is 5.98. The van der Waals surface area contributed by atoms with Gasteiger partial charge in [-0.3, -0.25) is 4.79 Å². The van der Waals surface area contributed by atoms with E-state index in [0.717, 1.165) is 56.4 Å². The highest BCUT2D eigenvalue weighted by molar-refractivity contribution is 6.37. The highest BCUT2D eigenvalue weighted by Crippen LogP contribution is 2.34. The quantitative estimate of drug-likeness (QED) is 0.382. The van der Waals surface area contributed by atoms with E-state index in [4.69, 9.17) is 33.7 Å². The first kappa shape index (κ1) is 34.6. The number of carbonyl (C=O) groups is 3. The van der Waals surface area contributed by atoms with E-state index in [2.05, 4.69) is 17.1 Å². The fourth-order valence-corrected chi connectivity index (χ4v) is 8.01. The number of phenols is 1. The van der Waals surface area contributed by atoms with Crippen LogP contribution in [0.25, 0.3) is 0 Å². The molecule has 0 aliphatic carbocycles. The van der Waals surface area contributed by atoms with E-state index in [0.29, 0.717) is 57.2 Å². The number of nitrogens with one attached hydrogen (secondary N) is 1. The third kappa shape index (κ3) is 7.96. The molecular formula is C35H46Cl2N6O5. The van der Waals surface area contributed by atoms with Crippen molar-refractivity contribution in [2.75, 3.05) is 51.1 Å². The number of likely N-dealkylation sites (tertiary alicyclic amines) is 3. The van der Waals surface area contributed by atoms with Crippen molar-refractivity contribution in [3.05, 3.63) is 57.6 Å². The van der Waals surface area contributed by atoms with Gasteiger partial charge in [-0.2, -0.15) is 0 Å². The Balaban J connectivity index is 1.08. The van der Waals surface area contributed by atoms with E-state index in [9.17, 15) is 19.5 Å². The molecule has 4 heterocycles. The van der Waals surface area contributed by atoms with Crippen molar-refractivity contribution in [1.29, 1.82) is 0 Å². The molecule has 0 bridgehead atoms. The van der Waals surface area contributed by atoms with Crippen molar-refractivity contribution in [3.8, 4) is 5.75 Å². The van der Waals surface area contributed by atoms with Crippen LogP contribution in [0.5, 0.6) is 5.75 Å². The molecule has 2 aromatic carbocycles. The van der Waals surface area contributed by atoms with Crippen LogP contribution < -0.4 is 11.1 Å². The Morgan fingerprint density at radius 1 is 0.958 bits per heavy atom. The summed E-state index contributed by atoms with van der Waals surface area (Å²) in [6, 6.07) is 11.2. The average Bonchev–Trinajstić information content (AvgIpc) is 3.24. The van der Waals surface area contributed by atoms with Gasteiger partial charge in [0.1, 0.15) is 0 Å². The number of phenolic OH excluding ortho intramolecular Hbond substituents is 1. The summed E-state index contributed by atoms with van der Waals surface area (Å²) in [5.41, 5.74) is 8.75. The fourth-order valence-electron chi connectivity index (χ4n) is 7.48. The monoisotopic (exact) mass is 700 g/mol. The van der Waals surface area contributed by atoms with E-state index in [1.165, 1.54) is 0 Å². The SMILES string of the molecule is CC1(N)CCN(C2CCN(C(=O)[C@@H](Cc3cc(Cl)c(O)c(Cl)c3)OC(=O)N3CCC(N4CCc5ccccc5NC4=O)CC3)CC2)CC1. The molecule has 11 nitrogen and oxygen atoms in total. The van der Waals surface area contributed by atoms with Crippen molar-refractivity contribution in [2.24, 2.45) is 5.73 Å². The molecule has 4 aliphatic heterocycles. The molecule has 260 valence electrons. The van der Waals surface area contributed by atoms with Gasteiger partial charge in [-0.1, -0.05) is 41.4 Å². The largest absolute Gasteiger partial charge is 0.505 e. The first-order chi connectivity index (χ1) is 23.0. The smallest absolute Gasteiger partial charge is 0.410 e. The Morgan fingerprint density at radius 2 is 1.56 bits per heavy atom. The van der Waals surface area contributed by atoms with Gasteiger partial charge in [0.05, 0.1) is 10.0 Å². The van der Waals surface area contributed by atoms with Crippen molar-refractivity contribution in [1.82, 2.24) is 19.6 Å². The molecule has 2 aromatic rings. The van der Waals surface area contributed by atoms with Gasteiger partial charge in [-0.05, 0) is 81.2 Å². The zero-order valence-corrected chi connectivity index (χ0v) is 29.0. The molecule has 0 radical (unpaired) electrons. The zero-order chi connectivity index (χ0) is 34.0. The van der Waals surface area contributed by atoms with Crippen molar-refractivity contribution in [2.45, 2.75) is 82.0 Å². The normalized spacial score (nSPS) is 21.7. The van der Waals surface area contributed by atoms with Crippen LogP contribution in [0, 0.1) is 0 Å². The number of urea groups is 1. The minimum Gasteiger partial charge on any atom is -0.505 e. The summed E-state index contributed by atoms with van der Waals surface area (Å²) in [7, 11) is 0. The molecule has 0 spiro atoms. The summed E-state index contributed by atoms with van der Waals surface area (Å²) in [6.07, 6.45) is 3.97. The second-order valence-corrected chi connectivity index (χ2v) is 14.8. The minimum absolute atomic E-state index is 0.0122. The summed E-state index contributed by atoms with van der Waals surface area (Å²) >= 11 is 12.4. The Labute approximate surface area is 292 Å². The number of ether oxygens (including phenoxy) is 1. The van der Waals surface area contributed by atoms with Crippen LogP contribution >= 0.6 is 23.2 Å². The lowest BCUT2D eigenvalue weighted by Crippen LogP contribution is -2.55. The number of amides is 4. The molecule has 4 amide bonds. The van der Waals surface area contributed by atoms with Gasteiger partial charge in [0.15, 0.2) is 11.9 Å². The van der Waals surface area contributed by atoms with Gasteiger partial charge >= 0.3 is 12.1 Å². The molecule has 3 fully saturated rings. The van der Waals surface area contributed by atoms with E-state index in [1.807, 2.05) is 29.2 Å². The summed E-state index contributed by atoms with van der Waals surface area (Å²) in [5, 5.41) is 13.2. The maximum atomic E-state index is 14.0. The summed E-state index contributed by atoms with van der Waals surface area (Å²) in [5.74, 6) is -0.493. The van der Waals surface area contributed by atoms with Gasteiger partial charge in [0.25, 0.3) is 5.91 Å². The molecule has 0 aromatic heterocycles. The van der Waals surface area contributed by atoms with E-state index in [1.54, 1.807) is 21.9 Å². The van der Waals surface area contributed by atoms with E-state index < -0.39 is 12.2 Å². The first-order valence-corrected chi connectivity index (χ1v) is 17.8. The van der Waals surface area contributed by atoms with Crippen LogP contribution in [0.3, 0.4) is 0 Å². The van der Waals surface area contributed by atoms with Crippen LogP contribution in [0.2, 0.25) is 10.0 Å². The molecule has 4 N–H and O–H groups in total. The minimum atomic E-state index is -1.09. The Bertz CT molecular complexity index is 1480. The number of halogens is 2. The number of hydrogen-bond acceptors (Lipinski definition) is 7. The topological polar surface area (TPSA) is 132 Å². The van der Waals surface area contributed by atoms with Gasteiger partial charge < -0.3 is 40.5 Å². The standard InChI is InChI=1S/C35H46Cl2N6O5/c1-35(38)11-18-40(19-12-35)25-7-13-41(14-8-25)32(45)30(22-23-20-27(36)31(44)28(37)21-23)48-34(47)42-15-9-26(10-16-42)43-17-6-24-4-2-3-5-29(24)39-33(43)46/h2-5,20-21,25-26,30,44H,6-19,22,38H2,1H3,(H,39,46)/t30-/m1/s1. The van der Waals surface area contributed by atoms with Gasteiger partial charge in [0, 0.05) is 75.5 Å². The number of nitrogens with zero attached hydrogens (tertiary/aromatic N) is 4. The Hall–Kier alpha value is -3.25. The number of fused-ring (bicyclic) bond motifs is 1. The van der Waals surface area contributed by atoms with Gasteiger partial charge in [-0.25, -0.2) is 9.59 Å². The van der Waals surface area contributed by atoms with E-state index in [-0.39, 0.29) is 45.7 Å². The molecule has 4 aliphatic rings. The van der Waals surface area contributed by atoms with Crippen LogP contribution in [0.15, 0.2) is 36.4 Å². The number of piperidine rings is 3. The van der Waals surface area contributed by atoms with Gasteiger partial charge in [0.2, 0.25) is 0 Å². The highest BCUT2D eigenvalue weighted by atomic mass is 35.5. The maximum absolute atomic E-state index is 14.0. The Kier molecular flexibility index (Phi) is 10.6. The zero-order valence-electron chi connectivity index (χ0n) is 27.5. The number of para-hydroxylation sites is 1. The van der Waals surface area contributed by atoms with Crippen LogP contribution in [-0.2, 0) is 22.4 Å². The predicted molar refractivity (Wildman–Crippen MR) is 186 cm³/mol. The Morgan fingerprint density at radius 3 is 2.23 bits per heavy atom. The maximum Gasteiger partial charge on any atom is 0.410 e. The molecule has 1 atom stereocenters. The number of anilines is 1.